The molecule has 2 fully saturated rings. The fraction of sp³-hybridized carbons (Fsp3) is 0.455. The molecule has 9 heteroatoms. The van der Waals surface area contributed by atoms with Gasteiger partial charge in [0.25, 0.3) is 11.8 Å². The molecule has 0 aromatic heterocycles. The molecule has 2 N–H and O–H groups in total. The second-order valence-electron chi connectivity index (χ2n) is 8.13. The van der Waals surface area contributed by atoms with Crippen LogP contribution in [0.15, 0.2) is 42.1 Å². The zero-order valence-corrected chi connectivity index (χ0v) is 17.5. The predicted octanol–water partition coefficient (Wildman–Crippen LogP) is 0.434. The summed E-state index contributed by atoms with van der Waals surface area (Å²) in [5, 5.41) is 5.67. The molecule has 31 heavy (non-hydrogen) atoms. The van der Waals surface area contributed by atoms with Crippen LogP contribution in [0, 0.1) is 0 Å². The van der Waals surface area contributed by atoms with Gasteiger partial charge in [-0.1, -0.05) is 30.3 Å². The Hall–Kier alpha value is -3.36. The number of likely N-dealkylation sites (N-methyl/N-ethyl adjacent to an activating group) is 1. The molecule has 0 bridgehead atoms. The third-order valence-corrected chi connectivity index (χ3v) is 5.98. The lowest BCUT2D eigenvalue weighted by molar-refractivity contribution is -0.135. The average molecular weight is 425 g/mol. The maximum Gasteiger partial charge on any atom is 0.325 e. The van der Waals surface area contributed by atoms with Gasteiger partial charge in [-0.2, -0.15) is 0 Å². The van der Waals surface area contributed by atoms with Gasteiger partial charge in [0, 0.05) is 39.3 Å². The lowest BCUT2D eigenvalue weighted by atomic mass is 9.99. The van der Waals surface area contributed by atoms with Gasteiger partial charge in [-0.15, -0.1) is 0 Å². The summed E-state index contributed by atoms with van der Waals surface area (Å²) in [7, 11) is 1.73. The molecule has 0 radical (unpaired) electrons. The van der Waals surface area contributed by atoms with Gasteiger partial charge in [-0.25, -0.2) is 4.79 Å². The molecule has 3 aliphatic rings. The van der Waals surface area contributed by atoms with E-state index in [1.54, 1.807) is 18.1 Å². The maximum absolute atomic E-state index is 13.1. The normalized spacial score (nSPS) is 23.1. The molecule has 2 atom stereocenters. The van der Waals surface area contributed by atoms with E-state index in [1.165, 1.54) is 4.90 Å². The fourth-order valence-electron chi connectivity index (χ4n) is 4.36. The molecular formula is C22H27N5O4. The summed E-state index contributed by atoms with van der Waals surface area (Å²) in [5.41, 5.74) is 1.22. The minimum atomic E-state index is -0.683. The lowest BCUT2D eigenvalue weighted by Crippen LogP contribution is -2.64. The number of imide groups is 1. The molecule has 0 spiro atoms. The number of likely N-dealkylation sites (tertiary alicyclic amines) is 1. The van der Waals surface area contributed by atoms with E-state index < -0.39 is 18.1 Å². The van der Waals surface area contributed by atoms with Crippen LogP contribution in [-0.2, 0) is 20.9 Å². The number of nitrogens with one attached hydrogen (secondary N) is 2. The van der Waals surface area contributed by atoms with Crippen molar-refractivity contribution in [2.24, 2.45) is 0 Å². The Morgan fingerprint density at radius 1 is 1.19 bits per heavy atom. The van der Waals surface area contributed by atoms with Crippen molar-refractivity contribution >= 4 is 23.8 Å². The Morgan fingerprint density at radius 2 is 1.97 bits per heavy atom. The second-order valence-corrected chi connectivity index (χ2v) is 8.13. The van der Waals surface area contributed by atoms with Crippen LogP contribution in [0.2, 0.25) is 0 Å². The highest BCUT2D eigenvalue weighted by Crippen LogP contribution is 2.27. The van der Waals surface area contributed by atoms with E-state index in [2.05, 4.69) is 10.6 Å². The average Bonchev–Trinajstić information content (AvgIpc) is 3.31. The molecule has 9 nitrogen and oxygen atoms in total. The standard InChI is InChI=1S/C22H27N5O4/c1-25-14-16(20(29)23-10-6-12-26-11-5-9-17(26)28)18-19(25)21(30)27(22(31)24-18)13-15-7-3-2-4-8-15/h2-4,7-8,14,18-19H,5-6,9-13H2,1H3,(H,23,29)(H,24,31). The van der Waals surface area contributed by atoms with Crippen LogP contribution in [0.4, 0.5) is 4.79 Å². The molecule has 0 aliphatic carbocycles. The summed E-state index contributed by atoms with van der Waals surface area (Å²) in [5.74, 6) is -0.471. The predicted molar refractivity (Wildman–Crippen MR) is 112 cm³/mol. The first kappa shape index (κ1) is 20.9. The summed E-state index contributed by atoms with van der Waals surface area (Å²) >= 11 is 0. The van der Waals surface area contributed by atoms with Crippen LogP contribution in [0.25, 0.3) is 0 Å². The van der Waals surface area contributed by atoms with Crippen molar-refractivity contribution in [3.63, 3.8) is 0 Å². The molecule has 164 valence electrons. The van der Waals surface area contributed by atoms with Crippen molar-refractivity contribution in [2.75, 3.05) is 26.7 Å². The molecule has 5 amide bonds. The molecule has 3 heterocycles. The monoisotopic (exact) mass is 425 g/mol. The Morgan fingerprint density at radius 3 is 2.68 bits per heavy atom. The second kappa shape index (κ2) is 8.79. The zero-order chi connectivity index (χ0) is 22.0. The van der Waals surface area contributed by atoms with Crippen LogP contribution >= 0.6 is 0 Å². The number of hydrogen-bond donors (Lipinski definition) is 2. The lowest BCUT2D eigenvalue weighted by Gasteiger charge is -2.37. The van der Waals surface area contributed by atoms with Gasteiger partial charge in [0.2, 0.25) is 5.91 Å². The smallest absolute Gasteiger partial charge is 0.325 e. The number of urea groups is 1. The van der Waals surface area contributed by atoms with Crippen LogP contribution in [-0.4, -0.2) is 77.2 Å². The molecule has 3 aliphatic heterocycles. The maximum atomic E-state index is 13.1. The molecule has 0 saturated carbocycles. The fourth-order valence-corrected chi connectivity index (χ4v) is 4.36. The summed E-state index contributed by atoms with van der Waals surface area (Å²) in [4.78, 5) is 54.8. The van der Waals surface area contributed by atoms with Gasteiger partial charge >= 0.3 is 6.03 Å². The van der Waals surface area contributed by atoms with Crippen LogP contribution in [0.1, 0.15) is 24.8 Å². The van der Waals surface area contributed by atoms with E-state index in [-0.39, 0.29) is 24.3 Å². The van der Waals surface area contributed by atoms with Gasteiger partial charge in [0.1, 0.15) is 6.04 Å². The molecule has 4 rings (SSSR count). The van der Waals surface area contributed by atoms with Crippen molar-refractivity contribution in [1.29, 1.82) is 0 Å². The van der Waals surface area contributed by atoms with Gasteiger partial charge in [0.05, 0.1) is 18.2 Å². The number of nitrogens with zero attached hydrogens (tertiary/aromatic N) is 3. The number of benzene rings is 1. The largest absolute Gasteiger partial charge is 0.366 e. The third kappa shape index (κ3) is 4.26. The Labute approximate surface area is 181 Å². The van der Waals surface area contributed by atoms with Crippen LogP contribution in [0.5, 0.6) is 0 Å². The highest BCUT2D eigenvalue weighted by molar-refractivity contribution is 6.05. The summed E-state index contributed by atoms with van der Waals surface area (Å²) < 4.78 is 0. The zero-order valence-electron chi connectivity index (χ0n) is 17.5. The molecule has 2 unspecified atom stereocenters. The van der Waals surface area contributed by atoms with Gasteiger partial charge < -0.3 is 20.4 Å². The first-order chi connectivity index (χ1) is 15.0. The topological polar surface area (TPSA) is 102 Å². The quantitative estimate of drug-likeness (QED) is 0.617. The number of amides is 5. The third-order valence-electron chi connectivity index (χ3n) is 5.98. The molecule has 2 saturated heterocycles. The number of hydrogen-bond acceptors (Lipinski definition) is 5. The Balaban J connectivity index is 1.34. The first-order valence-corrected chi connectivity index (χ1v) is 10.6. The van der Waals surface area contributed by atoms with E-state index in [0.717, 1.165) is 18.5 Å². The minimum absolute atomic E-state index is 0.165. The minimum Gasteiger partial charge on any atom is -0.366 e. The number of fused-ring (bicyclic) bond motifs is 1. The highest BCUT2D eigenvalue weighted by atomic mass is 16.2. The number of carbonyl (C=O) groups is 4. The summed E-state index contributed by atoms with van der Waals surface area (Å²) in [6, 6.07) is 7.47. The van der Waals surface area contributed by atoms with E-state index in [9.17, 15) is 19.2 Å². The number of rotatable bonds is 7. The SMILES string of the molecule is CN1C=C(C(=O)NCCCN2CCCC2=O)C2NC(=O)N(Cc3ccccc3)C(=O)C21. The first-order valence-electron chi connectivity index (χ1n) is 10.6. The summed E-state index contributed by atoms with van der Waals surface area (Å²) in [6.07, 6.45) is 3.77. The van der Waals surface area contributed by atoms with Gasteiger partial charge in [-0.3, -0.25) is 19.3 Å². The highest BCUT2D eigenvalue weighted by Gasteiger charge is 2.49. The Bertz CT molecular complexity index is 916. The van der Waals surface area contributed by atoms with E-state index >= 15 is 0 Å². The molecule has 1 aromatic rings. The van der Waals surface area contributed by atoms with Gasteiger partial charge in [0.15, 0.2) is 0 Å². The molecular weight excluding hydrogens is 398 g/mol. The van der Waals surface area contributed by atoms with Crippen molar-refractivity contribution in [1.82, 2.24) is 25.3 Å². The van der Waals surface area contributed by atoms with Crippen molar-refractivity contribution < 1.29 is 19.2 Å². The van der Waals surface area contributed by atoms with Gasteiger partial charge in [-0.05, 0) is 18.4 Å². The van der Waals surface area contributed by atoms with E-state index in [0.29, 0.717) is 31.5 Å². The van der Waals surface area contributed by atoms with E-state index in [1.807, 2.05) is 35.2 Å². The van der Waals surface area contributed by atoms with Crippen LogP contribution in [0.3, 0.4) is 0 Å². The van der Waals surface area contributed by atoms with Crippen molar-refractivity contribution in [3.8, 4) is 0 Å². The van der Waals surface area contributed by atoms with Crippen molar-refractivity contribution in [3.05, 3.63) is 47.7 Å². The van der Waals surface area contributed by atoms with E-state index in [4.69, 9.17) is 0 Å². The summed E-state index contributed by atoms with van der Waals surface area (Å²) in [6.45, 7) is 2.00. The Kier molecular flexibility index (Phi) is 5.92. The van der Waals surface area contributed by atoms with Crippen molar-refractivity contribution in [2.45, 2.75) is 37.9 Å². The number of carbonyl (C=O) groups excluding carboxylic acids is 4. The van der Waals surface area contributed by atoms with Crippen LogP contribution < -0.4 is 10.6 Å². The molecule has 1 aromatic carbocycles.